The number of aromatic hydroxyl groups is 2. The number of amides is 11. The molecule has 3 aromatic carbocycles. The van der Waals surface area contributed by atoms with Crippen LogP contribution in [0.5, 0.6) is 11.5 Å². The summed E-state index contributed by atoms with van der Waals surface area (Å²) in [4.78, 5) is 166. The number of carbonyl (C=O) groups excluding carboxylic acids is 11. The van der Waals surface area contributed by atoms with Crippen LogP contribution < -0.4 is 76.1 Å². The number of rotatable bonds is 38. The van der Waals surface area contributed by atoms with E-state index in [1.165, 1.54) is 48.5 Å². The number of hydrogen-bond donors (Lipinski definition) is 22. The SMILES string of the molecule is CC(C)C[C@H](NC(=O)[C@H](Cc1c[nH]c2ccccc12)NC(=O)[C@H](Cc1ccc(O)cc1)NC(=O)[C@H](CO)NC(=O)[C@H](Cc1ccc(O)cc1)NC(=O)[C@H](CC(N)=O)NC(=O)[C@H](CC(N)=O)NC(=O)[C@@H](N)CCCNC(=N)N)C(=O)N[C@@H](CO)C(=O)N[C@H](C(=O)O)[C@@H](C)O. The summed E-state index contributed by atoms with van der Waals surface area (Å²) in [5.74, 6) is -15.1. The lowest BCUT2D eigenvalue weighted by Gasteiger charge is -2.28. The number of phenolic OH excluding ortho intramolecular Hbond substituents is 2. The van der Waals surface area contributed by atoms with Gasteiger partial charge in [-0.05, 0) is 79.1 Å². The molecule has 0 aliphatic rings. The minimum atomic E-state index is -1.96. The van der Waals surface area contributed by atoms with Crippen LogP contribution >= 0.6 is 0 Å². The van der Waals surface area contributed by atoms with Crippen molar-refractivity contribution in [3.63, 3.8) is 0 Å². The molecule has 1 heterocycles. The third kappa shape index (κ3) is 24.7. The maximum Gasteiger partial charge on any atom is 0.328 e. The number of aliphatic hydroxyl groups excluding tert-OH is 3. The number of H-pyrrole nitrogens is 1. The van der Waals surface area contributed by atoms with E-state index < -0.39 is 176 Å². The fraction of sp³-hybridized carbons (Fsp3) is 0.441. The number of aromatic nitrogens is 1. The second-order valence-corrected chi connectivity index (χ2v) is 22.3. The summed E-state index contributed by atoms with van der Waals surface area (Å²) in [6, 6.07) is 0.318. The number of fused-ring (bicyclic) bond motifs is 1. The zero-order chi connectivity index (χ0) is 69.2. The van der Waals surface area contributed by atoms with Crippen molar-refractivity contribution in [3.05, 3.63) is 95.7 Å². The largest absolute Gasteiger partial charge is 0.508 e. The molecule has 0 saturated heterocycles. The molecule has 0 saturated carbocycles. The molecule has 11 amide bonds. The van der Waals surface area contributed by atoms with E-state index in [4.69, 9.17) is 28.3 Å². The van der Waals surface area contributed by atoms with Gasteiger partial charge in [-0.15, -0.1) is 0 Å². The van der Waals surface area contributed by atoms with E-state index in [9.17, 15) is 88.2 Å². The lowest BCUT2D eigenvalue weighted by Crippen LogP contribution is -2.62. The molecular weight excluding hydrogens is 1220 g/mol. The highest BCUT2D eigenvalue weighted by Gasteiger charge is 2.37. The first kappa shape index (κ1) is 75.0. The quantitative estimate of drug-likeness (QED) is 0.0113. The minimum Gasteiger partial charge on any atom is -0.508 e. The molecule has 34 heteroatoms. The molecular formula is C59H82N16O18. The Labute approximate surface area is 532 Å². The number of benzene rings is 3. The zero-order valence-corrected chi connectivity index (χ0v) is 51.1. The molecule has 93 heavy (non-hydrogen) atoms. The van der Waals surface area contributed by atoms with Gasteiger partial charge in [-0.25, -0.2) is 4.79 Å². The van der Waals surface area contributed by atoms with Crippen LogP contribution in [0, 0.1) is 11.3 Å². The lowest BCUT2D eigenvalue weighted by atomic mass is 9.99. The number of carbonyl (C=O) groups is 12. The monoisotopic (exact) mass is 1300 g/mol. The first-order valence-corrected chi connectivity index (χ1v) is 29.3. The van der Waals surface area contributed by atoms with Gasteiger partial charge in [-0.1, -0.05) is 56.3 Å². The topological polar surface area (TPSA) is 590 Å². The molecule has 0 aliphatic heterocycles. The van der Waals surface area contributed by atoms with Crippen LogP contribution in [0.2, 0.25) is 0 Å². The number of guanidine groups is 1. The summed E-state index contributed by atoms with van der Waals surface area (Å²) in [6.45, 7) is 2.41. The molecule has 0 fully saturated rings. The van der Waals surface area contributed by atoms with Gasteiger partial charge in [0.2, 0.25) is 65.0 Å². The van der Waals surface area contributed by atoms with Crippen molar-refractivity contribution in [2.24, 2.45) is 28.9 Å². The fourth-order valence-corrected chi connectivity index (χ4v) is 9.30. The van der Waals surface area contributed by atoms with Gasteiger partial charge >= 0.3 is 5.97 Å². The number of para-hydroxylation sites is 1. The number of aliphatic carboxylic acids is 1. The highest BCUT2D eigenvalue weighted by molar-refractivity contribution is 6.00. The van der Waals surface area contributed by atoms with E-state index in [0.717, 1.165) is 6.92 Å². The number of primary amides is 2. The van der Waals surface area contributed by atoms with Crippen LogP contribution in [0.1, 0.15) is 69.6 Å². The van der Waals surface area contributed by atoms with E-state index in [-0.39, 0.29) is 61.2 Å². The van der Waals surface area contributed by atoms with Gasteiger partial charge in [-0.3, -0.25) is 58.1 Å². The van der Waals surface area contributed by atoms with Crippen LogP contribution in [0.4, 0.5) is 0 Å². The second kappa shape index (κ2) is 36.4. The molecule has 0 unspecified atom stereocenters. The lowest BCUT2D eigenvalue weighted by molar-refractivity contribution is -0.145. The number of nitrogens with one attached hydrogen (secondary N) is 12. The van der Waals surface area contributed by atoms with Crippen molar-refractivity contribution < 1.29 is 88.2 Å². The Bertz CT molecular complexity index is 3290. The van der Waals surface area contributed by atoms with Crippen LogP contribution in [0.3, 0.4) is 0 Å². The van der Waals surface area contributed by atoms with Gasteiger partial charge in [-0.2, -0.15) is 0 Å². The van der Waals surface area contributed by atoms with E-state index in [1.54, 1.807) is 44.3 Å². The minimum absolute atomic E-state index is 0.0109. The van der Waals surface area contributed by atoms with Gasteiger partial charge in [0.15, 0.2) is 12.0 Å². The van der Waals surface area contributed by atoms with Gasteiger partial charge in [0.1, 0.15) is 59.8 Å². The Morgan fingerprint density at radius 2 is 0.903 bits per heavy atom. The van der Waals surface area contributed by atoms with E-state index in [0.29, 0.717) is 22.0 Å². The second-order valence-electron chi connectivity index (χ2n) is 22.3. The smallest absolute Gasteiger partial charge is 0.328 e. The van der Waals surface area contributed by atoms with Gasteiger partial charge in [0.25, 0.3) is 0 Å². The van der Waals surface area contributed by atoms with Crippen molar-refractivity contribution in [1.29, 1.82) is 5.41 Å². The Kier molecular flexibility index (Phi) is 29.4. The van der Waals surface area contributed by atoms with Crippen LogP contribution in [0.15, 0.2) is 79.0 Å². The van der Waals surface area contributed by atoms with E-state index >= 15 is 0 Å². The molecule has 4 aromatic rings. The normalized spacial score (nSPS) is 14.7. The number of phenols is 2. The molecule has 26 N–H and O–H groups in total. The molecule has 1 aromatic heterocycles. The van der Waals surface area contributed by atoms with E-state index in [2.05, 4.69) is 52.8 Å². The Morgan fingerprint density at radius 3 is 1.33 bits per heavy atom. The summed E-state index contributed by atoms with van der Waals surface area (Å²) in [5.41, 5.74) is 23.8. The molecule has 0 radical (unpaired) electrons. The zero-order valence-electron chi connectivity index (χ0n) is 51.1. The predicted octanol–water partition coefficient (Wildman–Crippen LogP) is -6.19. The Hall–Kier alpha value is -10.4. The van der Waals surface area contributed by atoms with Crippen molar-refractivity contribution >= 4 is 87.8 Å². The number of carboxylic acids is 1. The third-order valence-electron chi connectivity index (χ3n) is 14.2. The van der Waals surface area contributed by atoms with Crippen molar-refractivity contribution in [1.82, 2.24) is 58.2 Å². The third-order valence-corrected chi connectivity index (χ3v) is 14.2. The molecule has 0 bridgehead atoms. The van der Waals surface area contributed by atoms with Crippen molar-refractivity contribution in [2.75, 3.05) is 19.8 Å². The average molecular weight is 1300 g/mol. The summed E-state index contributed by atoms with van der Waals surface area (Å²) >= 11 is 0. The summed E-state index contributed by atoms with van der Waals surface area (Å²) in [7, 11) is 0. The van der Waals surface area contributed by atoms with Gasteiger partial charge < -0.3 is 112 Å². The standard InChI is InChI=1S/C59H82N16O18/c1-28(2)19-38(50(84)74-45(27-77)57(91)75-48(29(3)78)58(92)93)68-53(87)41(22-32-25-66-37-9-5-4-7-35(32)37)71-51(85)39(20-30-10-14-33(79)15-11-30)70-56(90)44(26-76)73-52(86)40(21-31-12-16-34(80)17-13-31)69-55(89)43(24-47(62)82)72-54(88)42(23-46(61)81)67-49(83)36(60)8-6-18-65-59(63)64/h4-5,7,9-17,25,28-29,36,38-45,48,66,76-80H,6,8,18-24,26-27,60H2,1-3H3,(H2,61,81)(H2,62,82)(H,67,83)(H,68,87)(H,69,89)(H,70,90)(H,71,85)(H,72,88)(H,73,86)(H,74,84)(H,75,91)(H,92,93)(H4,63,64,65)/t29-,36+,38+,39+,40+,41+,42+,43+,44+,45+,48+/m1/s1. The molecule has 506 valence electrons. The van der Waals surface area contributed by atoms with Crippen LogP contribution in [0.25, 0.3) is 10.9 Å². The molecule has 4 rings (SSSR count). The highest BCUT2D eigenvalue weighted by Crippen LogP contribution is 2.21. The maximum atomic E-state index is 14.8. The van der Waals surface area contributed by atoms with Gasteiger partial charge in [0, 0.05) is 42.9 Å². The summed E-state index contributed by atoms with van der Waals surface area (Å²) in [5, 5.41) is 92.0. The Morgan fingerprint density at radius 1 is 0.516 bits per heavy atom. The molecule has 11 atom stereocenters. The Balaban J connectivity index is 1.67. The predicted molar refractivity (Wildman–Crippen MR) is 331 cm³/mol. The summed E-state index contributed by atoms with van der Waals surface area (Å²) in [6.07, 6.45) is -2.78. The van der Waals surface area contributed by atoms with E-state index in [1.807, 2.05) is 5.32 Å². The average Bonchev–Trinajstić information content (AvgIpc) is 1.98. The van der Waals surface area contributed by atoms with Crippen molar-refractivity contribution in [3.8, 4) is 11.5 Å². The molecule has 0 spiro atoms. The number of aliphatic hydroxyl groups is 3. The molecule has 0 aliphatic carbocycles. The molecule has 34 nitrogen and oxygen atoms in total. The van der Waals surface area contributed by atoms with Crippen molar-refractivity contribution in [2.45, 2.75) is 139 Å². The van der Waals surface area contributed by atoms with Crippen LogP contribution in [-0.2, 0) is 76.8 Å². The fourth-order valence-electron chi connectivity index (χ4n) is 9.30. The van der Waals surface area contributed by atoms with Crippen LogP contribution in [-0.4, -0.2) is 199 Å². The highest BCUT2D eigenvalue weighted by atomic mass is 16.4. The first-order chi connectivity index (χ1) is 43.9. The first-order valence-electron chi connectivity index (χ1n) is 29.3. The number of carboxylic acid groups (broad SMARTS) is 1. The number of hydrogen-bond acceptors (Lipinski definition) is 19. The summed E-state index contributed by atoms with van der Waals surface area (Å²) < 4.78 is 0. The maximum absolute atomic E-state index is 14.8. The van der Waals surface area contributed by atoms with Gasteiger partial charge in [0.05, 0.1) is 38.2 Å². The number of nitrogens with two attached hydrogens (primary N) is 4. The number of aromatic amines is 1.